The van der Waals surface area contributed by atoms with Crippen molar-refractivity contribution in [1.82, 2.24) is 9.88 Å². The van der Waals surface area contributed by atoms with Gasteiger partial charge in [-0.25, -0.2) is 9.78 Å². The van der Waals surface area contributed by atoms with E-state index in [0.717, 1.165) is 9.91 Å². The second-order valence-electron chi connectivity index (χ2n) is 6.78. The minimum absolute atomic E-state index is 0.0657. The van der Waals surface area contributed by atoms with Crippen LogP contribution in [-0.2, 0) is 22.7 Å². The maximum Gasteiger partial charge on any atom is 0.329 e. The van der Waals surface area contributed by atoms with Gasteiger partial charge in [0.2, 0.25) is 0 Å². The standard InChI is InChI=1S/C22H17ClN2O5S/c1-13(25-20(26)17-4-2-3-5-18(17)21(25)27)22(28)30-10-15-12-31-19(24-15)11-29-16-8-6-14(23)7-9-16/h2-9,12-13H,10-11H2,1H3. The molecule has 0 spiro atoms. The van der Waals surface area contributed by atoms with Crippen molar-refractivity contribution in [1.29, 1.82) is 0 Å². The zero-order chi connectivity index (χ0) is 22.0. The zero-order valence-corrected chi connectivity index (χ0v) is 18.0. The number of amides is 2. The maximum absolute atomic E-state index is 12.5. The van der Waals surface area contributed by atoms with E-state index >= 15 is 0 Å². The van der Waals surface area contributed by atoms with Crippen LogP contribution in [0.15, 0.2) is 53.9 Å². The average molecular weight is 457 g/mol. The van der Waals surface area contributed by atoms with Crippen LogP contribution in [0.3, 0.4) is 0 Å². The molecule has 0 saturated heterocycles. The summed E-state index contributed by atoms with van der Waals surface area (Å²) in [5, 5.41) is 3.11. The van der Waals surface area contributed by atoms with Gasteiger partial charge in [0, 0.05) is 10.4 Å². The highest BCUT2D eigenvalue weighted by Crippen LogP contribution is 2.25. The van der Waals surface area contributed by atoms with Gasteiger partial charge in [-0.2, -0.15) is 0 Å². The molecule has 4 rings (SSSR count). The van der Waals surface area contributed by atoms with Gasteiger partial charge in [-0.15, -0.1) is 11.3 Å². The summed E-state index contributed by atoms with van der Waals surface area (Å²) in [6.45, 7) is 1.67. The van der Waals surface area contributed by atoms with Crippen molar-refractivity contribution in [2.75, 3.05) is 0 Å². The number of carbonyl (C=O) groups excluding carboxylic acids is 3. The Kier molecular flexibility index (Phi) is 6.01. The lowest BCUT2D eigenvalue weighted by Gasteiger charge is -2.20. The van der Waals surface area contributed by atoms with Gasteiger partial charge in [0.1, 0.15) is 30.0 Å². The molecular weight excluding hydrogens is 440 g/mol. The van der Waals surface area contributed by atoms with Gasteiger partial charge in [0.15, 0.2) is 0 Å². The number of imide groups is 1. The fourth-order valence-electron chi connectivity index (χ4n) is 3.09. The summed E-state index contributed by atoms with van der Waals surface area (Å²) in [4.78, 5) is 42.8. The summed E-state index contributed by atoms with van der Waals surface area (Å²) in [5.74, 6) is -1.01. The first kappa shape index (κ1) is 21.0. The molecule has 3 aromatic rings. The number of benzene rings is 2. The van der Waals surface area contributed by atoms with Gasteiger partial charge >= 0.3 is 5.97 Å². The van der Waals surface area contributed by atoms with Gasteiger partial charge in [0.05, 0.1) is 16.8 Å². The summed E-state index contributed by atoms with van der Waals surface area (Å²) >= 11 is 7.23. The van der Waals surface area contributed by atoms with E-state index in [1.54, 1.807) is 53.9 Å². The molecule has 7 nitrogen and oxygen atoms in total. The molecule has 1 unspecified atom stereocenters. The zero-order valence-electron chi connectivity index (χ0n) is 16.4. The van der Waals surface area contributed by atoms with Gasteiger partial charge in [-0.1, -0.05) is 23.7 Å². The van der Waals surface area contributed by atoms with E-state index in [0.29, 0.717) is 16.5 Å². The maximum atomic E-state index is 12.5. The van der Waals surface area contributed by atoms with Crippen molar-refractivity contribution in [3.05, 3.63) is 80.8 Å². The quantitative estimate of drug-likeness (QED) is 0.393. The Morgan fingerprint density at radius 1 is 1.06 bits per heavy atom. The minimum atomic E-state index is -1.04. The predicted octanol–water partition coefficient (Wildman–Crippen LogP) is 4.10. The van der Waals surface area contributed by atoms with Gasteiger partial charge in [-0.05, 0) is 43.3 Å². The molecule has 0 radical (unpaired) electrons. The van der Waals surface area contributed by atoms with Crippen LogP contribution >= 0.6 is 22.9 Å². The van der Waals surface area contributed by atoms with Gasteiger partial charge < -0.3 is 9.47 Å². The number of halogens is 1. The molecule has 1 atom stereocenters. The summed E-state index contributed by atoms with van der Waals surface area (Å²) in [5.41, 5.74) is 1.14. The highest BCUT2D eigenvalue weighted by atomic mass is 35.5. The number of carbonyl (C=O) groups is 3. The molecule has 1 aromatic heterocycles. The van der Waals surface area contributed by atoms with Gasteiger partial charge in [-0.3, -0.25) is 14.5 Å². The topological polar surface area (TPSA) is 85.8 Å². The fraction of sp³-hybridized carbons (Fsp3) is 0.182. The lowest BCUT2D eigenvalue weighted by molar-refractivity contribution is -0.149. The number of ether oxygens (including phenoxy) is 2. The molecular formula is C22H17ClN2O5S. The van der Waals surface area contributed by atoms with Crippen molar-refractivity contribution >= 4 is 40.7 Å². The first-order chi connectivity index (χ1) is 14.9. The Bertz CT molecular complexity index is 1110. The number of fused-ring (bicyclic) bond motifs is 1. The van der Waals surface area contributed by atoms with E-state index in [2.05, 4.69) is 4.98 Å². The molecule has 9 heteroatoms. The van der Waals surface area contributed by atoms with Crippen LogP contribution in [0.25, 0.3) is 0 Å². The Hall–Kier alpha value is -3.23. The average Bonchev–Trinajstić information content (AvgIpc) is 3.34. The molecule has 0 saturated carbocycles. The normalized spacial score (nSPS) is 13.8. The summed E-state index contributed by atoms with van der Waals surface area (Å²) in [6, 6.07) is 12.4. The molecule has 2 heterocycles. The first-order valence-corrected chi connectivity index (χ1v) is 10.6. The Balaban J connectivity index is 1.31. The number of aromatic nitrogens is 1. The highest BCUT2D eigenvalue weighted by molar-refractivity contribution is 7.09. The molecule has 31 heavy (non-hydrogen) atoms. The number of nitrogens with zero attached hydrogens (tertiary/aromatic N) is 2. The molecule has 0 bridgehead atoms. The van der Waals surface area contributed by atoms with Crippen molar-refractivity contribution in [2.24, 2.45) is 0 Å². The summed E-state index contributed by atoms with van der Waals surface area (Å²) in [7, 11) is 0. The number of thiazole rings is 1. The Morgan fingerprint density at radius 2 is 1.71 bits per heavy atom. The fourth-order valence-corrected chi connectivity index (χ4v) is 3.90. The molecule has 158 valence electrons. The van der Waals surface area contributed by atoms with Crippen LogP contribution in [0.1, 0.15) is 38.3 Å². The van der Waals surface area contributed by atoms with Gasteiger partial charge in [0.25, 0.3) is 11.8 Å². The number of hydrogen-bond donors (Lipinski definition) is 0. The lowest BCUT2D eigenvalue weighted by Crippen LogP contribution is -2.43. The van der Waals surface area contributed by atoms with E-state index in [4.69, 9.17) is 21.1 Å². The van der Waals surface area contributed by atoms with Crippen LogP contribution in [0, 0.1) is 0 Å². The smallest absolute Gasteiger partial charge is 0.329 e. The lowest BCUT2D eigenvalue weighted by atomic mass is 10.1. The second-order valence-corrected chi connectivity index (χ2v) is 8.16. The molecule has 1 aliphatic heterocycles. The molecule has 0 fully saturated rings. The van der Waals surface area contributed by atoms with E-state index in [1.807, 2.05) is 0 Å². The summed E-state index contributed by atoms with van der Waals surface area (Å²) < 4.78 is 10.9. The van der Waals surface area contributed by atoms with Crippen molar-refractivity contribution in [3.63, 3.8) is 0 Å². The van der Waals surface area contributed by atoms with E-state index in [-0.39, 0.29) is 24.3 Å². The molecule has 0 N–H and O–H groups in total. The molecule has 0 aliphatic carbocycles. The van der Waals surface area contributed by atoms with Crippen LogP contribution in [0.2, 0.25) is 5.02 Å². The van der Waals surface area contributed by atoms with Crippen LogP contribution in [0.4, 0.5) is 0 Å². The molecule has 2 aromatic carbocycles. The third-order valence-electron chi connectivity index (χ3n) is 4.69. The summed E-state index contributed by atoms with van der Waals surface area (Å²) in [6.07, 6.45) is 0. The SMILES string of the molecule is CC(C(=O)OCc1csc(COc2ccc(Cl)cc2)n1)N1C(=O)c2ccccc2C1=O. The van der Waals surface area contributed by atoms with E-state index in [9.17, 15) is 14.4 Å². The molecule has 2 amide bonds. The largest absolute Gasteiger partial charge is 0.486 e. The number of hydrogen-bond acceptors (Lipinski definition) is 7. The third-order valence-corrected chi connectivity index (χ3v) is 5.81. The van der Waals surface area contributed by atoms with Crippen molar-refractivity contribution in [2.45, 2.75) is 26.2 Å². The second kappa shape index (κ2) is 8.87. The monoisotopic (exact) mass is 456 g/mol. The minimum Gasteiger partial charge on any atom is -0.486 e. The van der Waals surface area contributed by atoms with E-state index in [1.165, 1.54) is 18.3 Å². The number of rotatable bonds is 7. The number of esters is 1. The first-order valence-electron chi connectivity index (χ1n) is 9.39. The Morgan fingerprint density at radius 3 is 2.35 bits per heavy atom. The van der Waals surface area contributed by atoms with Crippen LogP contribution < -0.4 is 4.74 Å². The van der Waals surface area contributed by atoms with Crippen molar-refractivity contribution in [3.8, 4) is 5.75 Å². The third kappa shape index (κ3) is 4.45. The molecule has 1 aliphatic rings. The Labute approximate surface area is 187 Å². The van der Waals surface area contributed by atoms with Crippen LogP contribution in [0.5, 0.6) is 5.75 Å². The predicted molar refractivity (Wildman–Crippen MR) is 114 cm³/mol. The van der Waals surface area contributed by atoms with Crippen LogP contribution in [-0.4, -0.2) is 33.7 Å². The highest BCUT2D eigenvalue weighted by Gasteiger charge is 2.41. The van der Waals surface area contributed by atoms with Crippen molar-refractivity contribution < 1.29 is 23.9 Å². The van der Waals surface area contributed by atoms with E-state index < -0.39 is 23.8 Å².